The molecule has 0 saturated carbocycles. The molecule has 0 amide bonds. The van der Waals surface area contributed by atoms with Gasteiger partial charge in [0.2, 0.25) is 5.88 Å². The van der Waals surface area contributed by atoms with Crippen molar-refractivity contribution in [3.05, 3.63) is 18.1 Å². The zero-order chi connectivity index (χ0) is 12.0. The third-order valence-electron chi connectivity index (χ3n) is 2.06. The number of thiocarbonyl (C=S) groups is 1. The largest absolute Gasteiger partial charge is 0.476 e. The third-order valence-corrected chi connectivity index (χ3v) is 2.26. The summed E-state index contributed by atoms with van der Waals surface area (Å²) in [5.41, 5.74) is 5.98. The summed E-state index contributed by atoms with van der Waals surface area (Å²) in [5.74, 6) is 1.11. The number of hydrogen-bond donors (Lipinski definition) is 1. The summed E-state index contributed by atoms with van der Waals surface area (Å²) < 4.78 is 5.51. The number of hydrogen-bond acceptors (Lipinski definition) is 4. The second-order valence-electron chi connectivity index (χ2n) is 3.96. The van der Waals surface area contributed by atoms with E-state index < -0.39 is 0 Å². The highest BCUT2D eigenvalue weighted by Crippen LogP contribution is 2.12. The zero-order valence-corrected chi connectivity index (χ0v) is 10.5. The Balaban J connectivity index is 2.50. The number of rotatable bonds is 6. The summed E-state index contributed by atoms with van der Waals surface area (Å²) in [6.45, 7) is 4.98. The van der Waals surface area contributed by atoms with E-state index in [2.05, 4.69) is 23.8 Å². The minimum Gasteiger partial charge on any atom is -0.476 e. The van der Waals surface area contributed by atoms with Gasteiger partial charge in [0.15, 0.2) is 5.69 Å². The van der Waals surface area contributed by atoms with E-state index in [1.165, 1.54) is 0 Å². The van der Waals surface area contributed by atoms with Crippen molar-refractivity contribution in [1.82, 2.24) is 9.97 Å². The van der Waals surface area contributed by atoms with Crippen LogP contribution in [-0.2, 0) is 0 Å². The lowest BCUT2D eigenvalue weighted by Gasteiger charge is -2.08. The van der Waals surface area contributed by atoms with Crippen molar-refractivity contribution in [1.29, 1.82) is 0 Å². The van der Waals surface area contributed by atoms with Crippen molar-refractivity contribution >= 4 is 17.2 Å². The molecule has 2 N–H and O–H groups in total. The fourth-order valence-corrected chi connectivity index (χ4v) is 1.40. The predicted molar refractivity (Wildman–Crippen MR) is 67.5 cm³/mol. The van der Waals surface area contributed by atoms with Crippen LogP contribution in [0.1, 0.15) is 32.4 Å². The van der Waals surface area contributed by atoms with Gasteiger partial charge < -0.3 is 10.5 Å². The molecule has 1 aromatic heterocycles. The van der Waals surface area contributed by atoms with Gasteiger partial charge in [0, 0.05) is 12.4 Å². The van der Waals surface area contributed by atoms with Gasteiger partial charge in [-0.25, -0.2) is 9.97 Å². The molecule has 0 fully saturated rings. The van der Waals surface area contributed by atoms with E-state index in [4.69, 9.17) is 22.7 Å². The molecule has 1 aromatic rings. The van der Waals surface area contributed by atoms with Crippen molar-refractivity contribution < 1.29 is 4.74 Å². The molecule has 0 bridgehead atoms. The maximum atomic E-state index is 5.52. The second kappa shape index (κ2) is 6.37. The Labute approximate surface area is 101 Å². The summed E-state index contributed by atoms with van der Waals surface area (Å²) in [4.78, 5) is 8.32. The first-order valence-electron chi connectivity index (χ1n) is 5.35. The first kappa shape index (κ1) is 12.8. The highest BCUT2D eigenvalue weighted by molar-refractivity contribution is 7.80. The lowest BCUT2D eigenvalue weighted by atomic mass is 10.1. The topological polar surface area (TPSA) is 61.0 Å². The zero-order valence-electron chi connectivity index (χ0n) is 9.64. The van der Waals surface area contributed by atoms with Gasteiger partial charge in [0.05, 0.1) is 6.61 Å². The SMILES string of the molecule is CC(C)CCCOc1nccnc1C(N)=S. The Morgan fingerprint density at radius 2 is 2.12 bits per heavy atom. The van der Waals surface area contributed by atoms with Crippen molar-refractivity contribution in [3.63, 3.8) is 0 Å². The van der Waals surface area contributed by atoms with Crippen LogP contribution in [-0.4, -0.2) is 21.6 Å². The van der Waals surface area contributed by atoms with Crippen LogP contribution in [0.25, 0.3) is 0 Å². The van der Waals surface area contributed by atoms with E-state index in [9.17, 15) is 0 Å². The minimum absolute atomic E-state index is 0.215. The highest BCUT2D eigenvalue weighted by Gasteiger charge is 2.08. The summed E-state index contributed by atoms with van der Waals surface area (Å²) >= 11 is 4.87. The number of aromatic nitrogens is 2. The molecule has 1 heterocycles. The van der Waals surface area contributed by atoms with Crippen LogP contribution < -0.4 is 10.5 Å². The highest BCUT2D eigenvalue weighted by atomic mass is 32.1. The normalized spacial score (nSPS) is 10.4. The van der Waals surface area contributed by atoms with Crippen LogP contribution in [0.15, 0.2) is 12.4 Å². The maximum absolute atomic E-state index is 5.52. The van der Waals surface area contributed by atoms with E-state index in [1.807, 2.05) is 0 Å². The quantitative estimate of drug-likeness (QED) is 0.607. The smallest absolute Gasteiger partial charge is 0.243 e. The van der Waals surface area contributed by atoms with Crippen LogP contribution >= 0.6 is 12.2 Å². The van der Waals surface area contributed by atoms with E-state index >= 15 is 0 Å². The van der Waals surface area contributed by atoms with Crippen LogP contribution in [0.3, 0.4) is 0 Å². The average molecular weight is 239 g/mol. The molecule has 0 radical (unpaired) electrons. The van der Waals surface area contributed by atoms with E-state index in [-0.39, 0.29) is 4.99 Å². The third kappa shape index (κ3) is 4.10. The number of ether oxygens (including phenoxy) is 1. The van der Waals surface area contributed by atoms with Crippen LogP contribution in [0, 0.1) is 5.92 Å². The molecule has 0 spiro atoms. The van der Waals surface area contributed by atoms with Crippen LogP contribution in [0.2, 0.25) is 0 Å². The van der Waals surface area contributed by atoms with Gasteiger partial charge >= 0.3 is 0 Å². The molecule has 0 unspecified atom stereocenters. The molecule has 88 valence electrons. The molecule has 5 heteroatoms. The first-order chi connectivity index (χ1) is 7.61. The molecule has 0 aliphatic heterocycles. The Bertz CT molecular complexity index is 355. The van der Waals surface area contributed by atoms with Crippen molar-refractivity contribution in [3.8, 4) is 5.88 Å². The predicted octanol–water partition coefficient (Wildman–Crippen LogP) is 1.93. The van der Waals surface area contributed by atoms with E-state index in [0.29, 0.717) is 24.1 Å². The van der Waals surface area contributed by atoms with Gasteiger partial charge in [-0.1, -0.05) is 26.1 Å². The molecule has 0 aromatic carbocycles. The molecule has 0 aliphatic carbocycles. The Kier molecular flexibility index (Phi) is 5.11. The summed E-state index contributed by atoms with van der Waals surface area (Å²) in [6, 6.07) is 0. The Hall–Kier alpha value is -1.23. The maximum Gasteiger partial charge on any atom is 0.243 e. The van der Waals surface area contributed by atoms with E-state index in [1.54, 1.807) is 12.4 Å². The van der Waals surface area contributed by atoms with Crippen LogP contribution in [0.4, 0.5) is 0 Å². The summed E-state index contributed by atoms with van der Waals surface area (Å²) in [6.07, 6.45) is 5.24. The molecule has 4 nitrogen and oxygen atoms in total. The van der Waals surface area contributed by atoms with E-state index in [0.717, 1.165) is 12.8 Å². The summed E-state index contributed by atoms with van der Waals surface area (Å²) in [5, 5.41) is 0. The van der Waals surface area contributed by atoms with Gasteiger partial charge in [0.1, 0.15) is 4.99 Å². The molecule has 0 aliphatic rings. The molecule has 0 atom stereocenters. The Morgan fingerprint density at radius 1 is 1.44 bits per heavy atom. The fraction of sp³-hybridized carbons (Fsp3) is 0.545. The molecule has 1 rings (SSSR count). The number of nitrogens with zero attached hydrogens (tertiary/aromatic N) is 2. The minimum atomic E-state index is 0.215. The monoisotopic (exact) mass is 239 g/mol. The van der Waals surface area contributed by atoms with Gasteiger partial charge in [-0.05, 0) is 18.8 Å². The molecular formula is C11H17N3OS. The van der Waals surface area contributed by atoms with Gasteiger partial charge in [-0.15, -0.1) is 0 Å². The summed E-state index contributed by atoms with van der Waals surface area (Å²) in [7, 11) is 0. The number of nitrogens with two attached hydrogens (primary N) is 1. The molecular weight excluding hydrogens is 222 g/mol. The fourth-order valence-electron chi connectivity index (χ4n) is 1.26. The van der Waals surface area contributed by atoms with Crippen molar-refractivity contribution in [2.75, 3.05) is 6.61 Å². The molecule has 0 saturated heterocycles. The lowest BCUT2D eigenvalue weighted by Crippen LogP contribution is -2.15. The van der Waals surface area contributed by atoms with Crippen LogP contribution in [0.5, 0.6) is 5.88 Å². The average Bonchev–Trinajstić information content (AvgIpc) is 2.24. The Morgan fingerprint density at radius 3 is 2.75 bits per heavy atom. The van der Waals surface area contributed by atoms with Gasteiger partial charge in [0.25, 0.3) is 0 Å². The van der Waals surface area contributed by atoms with Crippen molar-refractivity contribution in [2.45, 2.75) is 26.7 Å². The lowest BCUT2D eigenvalue weighted by molar-refractivity contribution is 0.285. The second-order valence-corrected chi connectivity index (χ2v) is 4.40. The standard InChI is InChI=1S/C11H17N3OS/c1-8(2)4-3-7-15-11-9(10(12)16)13-5-6-14-11/h5-6,8H,3-4,7H2,1-2H3,(H2,12,16). The van der Waals surface area contributed by atoms with Gasteiger partial charge in [-0.3, -0.25) is 0 Å². The van der Waals surface area contributed by atoms with Gasteiger partial charge in [-0.2, -0.15) is 0 Å². The first-order valence-corrected chi connectivity index (χ1v) is 5.75. The van der Waals surface area contributed by atoms with Crippen molar-refractivity contribution in [2.24, 2.45) is 11.7 Å². The molecule has 16 heavy (non-hydrogen) atoms.